The Bertz CT molecular complexity index is 581. The van der Waals surface area contributed by atoms with Gasteiger partial charge in [-0.1, -0.05) is 49.4 Å². The van der Waals surface area contributed by atoms with Crippen LogP contribution in [0.25, 0.3) is 0 Å². The Morgan fingerprint density at radius 1 is 1.19 bits per heavy atom. The van der Waals surface area contributed by atoms with Crippen LogP contribution in [-0.4, -0.2) is 36.3 Å². The highest BCUT2D eigenvalue weighted by Crippen LogP contribution is 2.33. The summed E-state index contributed by atoms with van der Waals surface area (Å²) in [7, 11) is 0. The Kier molecular flexibility index (Phi) is 7.27. The van der Waals surface area contributed by atoms with Gasteiger partial charge in [-0.3, -0.25) is 0 Å². The van der Waals surface area contributed by atoms with Crippen LogP contribution >= 0.6 is 0 Å². The van der Waals surface area contributed by atoms with Gasteiger partial charge >= 0.3 is 6.09 Å². The zero-order chi connectivity index (χ0) is 19.0. The van der Waals surface area contributed by atoms with E-state index in [1.54, 1.807) is 0 Å². The van der Waals surface area contributed by atoms with E-state index in [0.717, 1.165) is 39.0 Å². The van der Waals surface area contributed by atoms with Gasteiger partial charge in [0.25, 0.3) is 0 Å². The fraction of sp³-hybridized carbons (Fsp3) is 0.591. The van der Waals surface area contributed by atoms with E-state index in [9.17, 15) is 4.79 Å². The highest BCUT2D eigenvalue weighted by Gasteiger charge is 2.31. The van der Waals surface area contributed by atoms with E-state index < -0.39 is 5.60 Å². The smallest absolute Gasteiger partial charge is 0.410 e. The Balaban J connectivity index is 1.66. The number of allylic oxidation sites excluding steroid dienone is 1. The topological polar surface area (TPSA) is 38.8 Å². The average molecular weight is 360 g/mol. The van der Waals surface area contributed by atoms with Gasteiger partial charge in [-0.2, -0.15) is 0 Å². The van der Waals surface area contributed by atoms with Crippen molar-refractivity contribution >= 4 is 6.09 Å². The fourth-order valence-corrected chi connectivity index (χ4v) is 2.98. The zero-order valence-electron chi connectivity index (χ0n) is 16.7. The monoisotopic (exact) mass is 359 g/mol. The Labute approximate surface area is 158 Å². The molecule has 26 heavy (non-hydrogen) atoms. The van der Waals surface area contributed by atoms with E-state index in [-0.39, 0.29) is 11.5 Å². The van der Waals surface area contributed by atoms with E-state index in [2.05, 4.69) is 31.2 Å². The van der Waals surface area contributed by atoms with Crippen LogP contribution in [-0.2, 0) is 16.1 Å². The van der Waals surface area contributed by atoms with Gasteiger partial charge in [0.15, 0.2) is 0 Å². The number of carbonyl (C=O) groups excluding carboxylic acids is 1. The summed E-state index contributed by atoms with van der Waals surface area (Å²) >= 11 is 0. The summed E-state index contributed by atoms with van der Waals surface area (Å²) in [5.41, 5.74) is 0.924. The Morgan fingerprint density at radius 3 is 2.46 bits per heavy atom. The first-order valence-corrected chi connectivity index (χ1v) is 9.55. The van der Waals surface area contributed by atoms with Crippen molar-refractivity contribution in [3.05, 3.63) is 48.0 Å². The first-order valence-electron chi connectivity index (χ1n) is 9.55. The molecule has 0 saturated carbocycles. The maximum Gasteiger partial charge on any atom is 0.410 e. The molecule has 0 spiro atoms. The molecule has 1 heterocycles. The van der Waals surface area contributed by atoms with Crippen molar-refractivity contribution in [2.75, 3.05) is 19.7 Å². The molecule has 144 valence electrons. The maximum atomic E-state index is 12.1. The van der Waals surface area contributed by atoms with Crippen LogP contribution in [0.2, 0.25) is 0 Å². The van der Waals surface area contributed by atoms with Crippen LogP contribution < -0.4 is 0 Å². The zero-order valence-corrected chi connectivity index (χ0v) is 16.7. The van der Waals surface area contributed by atoms with Crippen molar-refractivity contribution in [1.82, 2.24) is 4.90 Å². The number of amides is 1. The third-order valence-electron chi connectivity index (χ3n) is 4.62. The predicted octanol–water partition coefficient (Wildman–Crippen LogP) is 5.19. The summed E-state index contributed by atoms with van der Waals surface area (Å²) < 4.78 is 11.2. The molecule has 0 unspecified atom stereocenters. The molecule has 0 radical (unpaired) electrons. The number of hydrogen-bond donors (Lipinski definition) is 0. The first kappa shape index (κ1) is 20.5. The second-order valence-corrected chi connectivity index (χ2v) is 8.35. The van der Waals surface area contributed by atoms with Gasteiger partial charge in [0.1, 0.15) is 5.60 Å². The summed E-state index contributed by atoms with van der Waals surface area (Å²) in [6.45, 7) is 10.9. The van der Waals surface area contributed by atoms with E-state index in [1.165, 1.54) is 5.56 Å². The highest BCUT2D eigenvalue weighted by atomic mass is 16.6. The average Bonchev–Trinajstić information content (AvgIpc) is 2.58. The van der Waals surface area contributed by atoms with Crippen LogP contribution in [0.5, 0.6) is 0 Å². The number of carbonyl (C=O) groups is 1. The summed E-state index contributed by atoms with van der Waals surface area (Å²) in [4.78, 5) is 14.0. The number of hydrogen-bond acceptors (Lipinski definition) is 3. The molecule has 1 aliphatic heterocycles. The Morgan fingerprint density at radius 2 is 1.85 bits per heavy atom. The maximum absolute atomic E-state index is 12.1. The predicted molar refractivity (Wildman–Crippen MR) is 105 cm³/mol. The molecule has 0 atom stereocenters. The molecule has 1 aliphatic rings. The van der Waals surface area contributed by atoms with E-state index in [1.807, 2.05) is 43.9 Å². The summed E-state index contributed by atoms with van der Waals surface area (Å²) in [5, 5.41) is 0. The molecule has 0 bridgehead atoms. The molecule has 4 heteroatoms. The largest absolute Gasteiger partial charge is 0.444 e. The molecule has 1 fully saturated rings. The lowest BCUT2D eigenvalue weighted by Gasteiger charge is -2.38. The lowest BCUT2D eigenvalue weighted by atomic mass is 9.80. The second-order valence-electron chi connectivity index (χ2n) is 8.35. The summed E-state index contributed by atoms with van der Waals surface area (Å²) in [6.07, 6.45) is 7.16. The quantitative estimate of drug-likeness (QED) is 0.518. The molecule has 0 aromatic heterocycles. The van der Waals surface area contributed by atoms with Crippen LogP contribution in [0.15, 0.2) is 42.5 Å². The molecule has 0 aliphatic carbocycles. The minimum Gasteiger partial charge on any atom is -0.444 e. The SMILES string of the molecule is CC1(C=CCCOCc2ccccc2)CCN(C(=O)OC(C)(C)C)CC1. The van der Waals surface area contributed by atoms with Gasteiger partial charge in [-0.15, -0.1) is 0 Å². The third-order valence-corrected chi connectivity index (χ3v) is 4.62. The fourth-order valence-electron chi connectivity index (χ4n) is 2.98. The van der Waals surface area contributed by atoms with Crippen molar-refractivity contribution in [2.24, 2.45) is 5.41 Å². The molecule has 1 aromatic rings. The molecule has 1 aromatic carbocycles. The van der Waals surface area contributed by atoms with E-state index in [4.69, 9.17) is 9.47 Å². The Hall–Kier alpha value is -1.81. The van der Waals surface area contributed by atoms with Gasteiger partial charge in [0.2, 0.25) is 0 Å². The van der Waals surface area contributed by atoms with Gasteiger partial charge in [0, 0.05) is 13.1 Å². The third kappa shape index (κ3) is 7.20. The van der Waals surface area contributed by atoms with Crippen molar-refractivity contribution < 1.29 is 14.3 Å². The highest BCUT2D eigenvalue weighted by molar-refractivity contribution is 5.68. The molecular formula is C22H33NO3. The van der Waals surface area contributed by atoms with Crippen LogP contribution in [0.1, 0.15) is 52.5 Å². The van der Waals surface area contributed by atoms with Crippen LogP contribution in [0.4, 0.5) is 4.79 Å². The molecule has 2 rings (SSSR count). The number of piperidine rings is 1. The van der Waals surface area contributed by atoms with Crippen LogP contribution in [0, 0.1) is 5.41 Å². The van der Waals surface area contributed by atoms with Crippen molar-refractivity contribution in [3.63, 3.8) is 0 Å². The van der Waals surface area contributed by atoms with Gasteiger partial charge < -0.3 is 14.4 Å². The first-order chi connectivity index (χ1) is 12.3. The number of ether oxygens (including phenoxy) is 2. The molecule has 0 N–H and O–H groups in total. The molecular weight excluding hydrogens is 326 g/mol. The van der Waals surface area contributed by atoms with E-state index >= 15 is 0 Å². The minimum atomic E-state index is -0.433. The van der Waals surface area contributed by atoms with Crippen molar-refractivity contribution in [1.29, 1.82) is 0 Å². The lowest BCUT2D eigenvalue weighted by Crippen LogP contribution is -2.43. The summed E-state index contributed by atoms with van der Waals surface area (Å²) in [6, 6.07) is 10.2. The van der Waals surface area contributed by atoms with Gasteiger partial charge in [-0.05, 0) is 51.0 Å². The second kappa shape index (κ2) is 9.22. The van der Waals surface area contributed by atoms with Crippen LogP contribution in [0.3, 0.4) is 0 Å². The van der Waals surface area contributed by atoms with Gasteiger partial charge in [-0.25, -0.2) is 4.79 Å². The number of benzene rings is 1. The number of rotatable bonds is 6. The number of nitrogens with zero attached hydrogens (tertiary/aromatic N) is 1. The number of likely N-dealkylation sites (tertiary alicyclic amines) is 1. The molecule has 1 amide bonds. The standard InChI is InChI=1S/C22H33NO3/c1-21(2,3)26-20(24)23-15-13-22(4,14-16-23)12-8-9-17-25-18-19-10-6-5-7-11-19/h5-8,10-12H,9,13-18H2,1-4H3. The van der Waals surface area contributed by atoms with E-state index in [0.29, 0.717) is 6.61 Å². The lowest BCUT2D eigenvalue weighted by molar-refractivity contribution is 0.0155. The normalized spacial score (nSPS) is 17.5. The molecule has 1 saturated heterocycles. The molecule has 4 nitrogen and oxygen atoms in total. The summed E-state index contributed by atoms with van der Waals surface area (Å²) in [5.74, 6) is 0. The van der Waals surface area contributed by atoms with Gasteiger partial charge in [0.05, 0.1) is 13.2 Å². The minimum absolute atomic E-state index is 0.151. The van der Waals surface area contributed by atoms with Crippen molar-refractivity contribution in [3.8, 4) is 0 Å². The van der Waals surface area contributed by atoms with Crippen molar-refractivity contribution in [2.45, 2.75) is 59.2 Å².